The molecule has 4 aromatic rings. The molecule has 2 heterocycles. The first-order chi connectivity index (χ1) is 13.6. The van der Waals surface area contributed by atoms with Crippen LogP contribution in [0.2, 0.25) is 0 Å². The molecule has 0 aliphatic rings. The number of imidazole rings is 1. The van der Waals surface area contributed by atoms with Crippen molar-refractivity contribution >= 4 is 17.0 Å². The summed E-state index contributed by atoms with van der Waals surface area (Å²) in [6.45, 7) is 0. The standard InChI is InChI=1S/C20H15N5O2S/c21-12-15-1-3-16(4-2-15)18-11-20(25(13-18)24-10-9-22-14-24)17-5-7-19(8-6-17)23-28(26)27/h1-11,13-14,23H,(H,26,27)/p-1. The number of nitriles is 1. The van der Waals surface area contributed by atoms with Gasteiger partial charge in [-0.3, -0.25) is 8.89 Å². The first-order valence-electron chi connectivity index (χ1n) is 8.32. The number of nitrogens with one attached hydrogen (secondary N) is 1. The third-order valence-electron chi connectivity index (χ3n) is 4.27. The minimum atomic E-state index is -2.36. The highest BCUT2D eigenvalue weighted by Crippen LogP contribution is 2.30. The van der Waals surface area contributed by atoms with Crippen LogP contribution in [-0.2, 0) is 11.3 Å². The molecular formula is C20H14N5O2S-. The van der Waals surface area contributed by atoms with E-state index in [0.717, 1.165) is 22.4 Å². The van der Waals surface area contributed by atoms with E-state index in [1.54, 1.807) is 36.8 Å². The first kappa shape index (κ1) is 17.7. The Morgan fingerprint density at radius 2 is 1.75 bits per heavy atom. The van der Waals surface area contributed by atoms with Crippen molar-refractivity contribution in [1.82, 2.24) is 14.3 Å². The van der Waals surface area contributed by atoms with E-state index in [-0.39, 0.29) is 0 Å². The van der Waals surface area contributed by atoms with Crippen molar-refractivity contribution < 1.29 is 8.76 Å². The fourth-order valence-electron chi connectivity index (χ4n) is 2.94. The molecule has 0 saturated carbocycles. The Labute approximate surface area is 163 Å². The number of benzene rings is 2. The molecule has 28 heavy (non-hydrogen) atoms. The van der Waals surface area contributed by atoms with Gasteiger partial charge < -0.3 is 9.27 Å². The Balaban J connectivity index is 1.78. The zero-order chi connectivity index (χ0) is 19.5. The molecule has 1 unspecified atom stereocenters. The summed E-state index contributed by atoms with van der Waals surface area (Å²) in [5.74, 6) is 0. The SMILES string of the molecule is N#Cc1ccc(-c2cc(-c3ccc(NS(=O)[O-])cc3)n(-n3ccnc3)c2)cc1. The molecule has 0 bridgehead atoms. The van der Waals surface area contributed by atoms with E-state index >= 15 is 0 Å². The van der Waals surface area contributed by atoms with E-state index in [2.05, 4.69) is 15.8 Å². The van der Waals surface area contributed by atoms with Crippen molar-refractivity contribution in [3.8, 4) is 28.5 Å². The molecule has 0 saturated heterocycles. The molecule has 0 aliphatic carbocycles. The van der Waals surface area contributed by atoms with Crippen LogP contribution in [0.25, 0.3) is 22.4 Å². The van der Waals surface area contributed by atoms with Crippen molar-refractivity contribution in [1.29, 1.82) is 5.26 Å². The number of hydrogen-bond acceptors (Lipinski definition) is 4. The molecule has 7 nitrogen and oxygen atoms in total. The Morgan fingerprint density at radius 1 is 1.04 bits per heavy atom. The number of anilines is 1. The first-order valence-corrected chi connectivity index (χ1v) is 9.39. The second kappa shape index (κ2) is 7.52. The van der Waals surface area contributed by atoms with Gasteiger partial charge in [-0.15, -0.1) is 0 Å². The fraction of sp³-hybridized carbons (Fsp3) is 0. The second-order valence-corrected chi connectivity index (χ2v) is 6.68. The minimum Gasteiger partial charge on any atom is -0.755 e. The topological polar surface area (TPSA) is 98.7 Å². The van der Waals surface area contributed by atoms with Crippen LogP contribution in [0.15, 0.2) is 79.5 Å². The zero-order valence-electron chi connectivity index (χ0n) is 14.5. The van der Waals surface area contributed by atoms with Gasteiger partial charge in [-0.1, -0.05) is 24.3 Å². The van der Waals surface area contributed by atoms with Gasteiger partial charge in [-0.05, 0) is 35.9 Å². The molecule has 0 aliphatic heterocycles. The normalized spacial score (nSPS) is 11.7. The number of rotatable bonds is 5. The summed E-state index contributed by atoms with van der Waals surface area (Å²) in [6, 6.07) is 18.7. The summed E-state index contributed by atoms with van der Waals surface area (Å²) in [5, 5.41) is 8.99. The van der Waals surface area contributed by atoms with Crippen LogP contribution in [0.5, 0.6) is 0 Å². The van der Waals surface area contributed by atoms with Gasteiger partial charge in [0.1, 0.15) is 6.33 Å². The molecule has 0 radical (unpaired) electrons. The van der Waals surface area contributed by atoms with Crippen molar-refractivity contribution in [2.24, 2.45) is 0 Å². The quantitative estimate of drug-likeness (QED) is 0.530. The highest BCUT2D eigenvalue weighted by Gasteiger charge is 2.11. The molecule has 2 aromatic heterocycles. The lowest BCUT2D eigenvalue weighted by Gasteiger charge is -2.11. The zero-order valence-corrected chi connectivity index (χ0v) is 15.3. The van der Waals surface area contributed by atoms with Crippen LogP contribution in [0.4, 0.5) is 5.69 Å². The highest BCUT2D eigenvalue weighted by atomic mass is 32.2. The molecular weight excluding hydrogens is 374 g/mol. The maximum atomic E-state index is 10.8. The number of aromatic nitrogens is 3. The van der Waals surface area contributed by atoms with E-state index in [1.807, 2.05) is 52.1 Å². The summed E-state index contributed by atoms with van der Waals surface area (Å²) in [5.41, 5.74) is 4.89. The largest absolute Gasteiger partial charge is 0.755 e. The van der Waals surface area contributed by atoms with Crippen LogP contribution in [0.3, 0.4) is 0 Å². The van der Waals surface area contributed by atoms with Gasteiger partial charge in [0.25, 0.3) is 0 Å². The molecule has 1 N–H and O–H groups in total. The molecule has 1 atom stereocenters. The summed E-state index contributed by atoms with van der Waals surface area (Å²) in [7, 11) is 0. The van der Waals surface area contributed by atoms with Crippen LogP contribution in [0, 0.1) is 11.3 Å². The van der Waals surface area contributed by atoms with Crippen LogP contribution in [-0.4, -0.2) is 23.1 Å². The van der Waals surface area contributed by atoms with E-state index in [9.17, 15) is 8.76 Å². The lowest BCUT2D eigenvalue weighted by molar-refractivity contribution is 0.542. The maximum Gasteiger partial charge on any atom is 0.115 e. The lowest BCUT2D eigenvalue weighted by Crippen LogP contribution is -2.06. The monoisotopic (exact) mass is 388 g/mol. The molecule has 0 spiro atoms. The second-order valence-electron chi connectivity index (χ2n) is 6.00. The van der Waals surface area contributed by atoms with Gasteiger partial charge in [-0.25, -0.2) is 9.66 Å². The Morgan fingerprint density at radius 3 is 2.36 bits per heavy atom. The lowest BCUT2D eigenvalue weighted by atomic mass is 10.1. The number of hydrogen-bond donors (Lipinski definition) is 1. The summed E-state index contributed by atoms with van der Waals surface area (Å²) < 4.78 is 27.7. The molecule has 2 aromatic carbocycles. The third kappa shape index (κ3) is 3.57. The Bertz CT molecular complexity index is 1160. The molecule has 138 valence electrons. The van der Waals surface area contributed by atoms with Gasteiger partial charge in [0, 0.05) is 46.7 Å². The van der Waals surface area contributed by atoms with E-state index < -0.39 is 11.3 Å². The number of nitrogens with zero attached hydrogens (tertiary/aromatic N) is 4. The van der Waals surface area contributed by atoms with Crippen LogP contribution < -0.4 is 4.72 Å². The maximum absolute atomic E-state index is 10.8. The van der Waals surface area contributed by atoms with Crippen LogP contribution >= 0.6 is 0 Å². The summed E-state index contributed by atoms with van der Waals surface area (Å²) in [4.78, 5) is 4.11. The predicted molar refractivity (Wildman–Crippen MR) is 106 cm³/mol. The van der Waals surface area contributed by atoms with Gasteiger partial charge in [0.05, 0.1) is 17.3 Å². The van der Waals surface area contributed by atoms with Crippen molar-refractivity contribution in [2.75, 3.05) is 4.72 Å². The average Bonchev–Trinajstić information content (AvgIpc) is 3.38. The molecule has 0 fully saturated rings. The third-order valence-corrected chi connectivity index (χ3v) is 4.67. The van der Waals surface area contributed by atoms with Gasteiger partial charge >= 0.3 is 0 Å². The van der Waals surface area contributed by atoms with Crippen molar-refractivity contribution in [3.05, 3.63) is 85.1 Å². The summed E-state index contributed by atoms with van der Waals surface area (Å²) in [6.07, 6.45) is 7.21. The Hall–Kier alpha value is -3.67. The van der Waals surface area contributed by atoms with Crippen LogP contribution in [0.1, 0.15) is 5.56 Å². The fourth-order valence-corrected chi connectivity index (χ4v) is 3.27. The molecule has 8 heteroatoms. The van der Waals surface area contributed by atoms with Gasteiger partial charge in [-0.2, -0.15) is 5.26 Å². The average molecular weight is 388 g/mol. The van der Waals surface area contributed by atoms with E-state index in [0.29, 0.717) is 11.3 Å². The molecule has 4 rings (SSSR count). The van der Waals surface area contributed by atoms with E-state index in [1.165, 1.54) is 0 Å². The predicted octanol–water partition coefficient (Wildman–Crippen LogP) is 3.41. The highest BCUT2D eigenvalue weighted by molar-refractivity contribution is 7.80. The van der Waals surface area contributed by atoms with Gasteiger partial charge in [0.15, 0.2) is 0 Å². The van der Waals surface area contributed by atoms with E-state index in [4.69, 9.17) is 5.26 Å². The minimum absolute atomic E-state index is 0.491. The smallest absolute Gasteiger partial charge is 0.115 e. The molecule has 0 amide bonds. The Kier molecular flexibility index (Phi) is 4.76. The van der Waals surface area contributed by atoms with Gasteiger partial charge in [0.2, 0.25) is 0 Å². The van der Waals surface area contributed by atoms with Crippen molar-refractivity contribution in [2.45, 2.75) is 0 Å². The van der Waals surface area contributed by atoms with Crippen molar-refractivity contribution in [3.63, 3.8) is 0 Å². The summed E-state index contributed by atoms with van der Waals surface area (Å²) >= 11 is -2.36.